The molecule has 0 bridgehead atoms. The molecule has 0 spiro atoms. The van der Waals surface area contributed by atoms with E-state index in [1.807, 2.05) is 32.8 Å². The Morgan fingerprint density at radius 2 is 1.67 bits per heavy atom. The SMILES string of the molecule is CN(C)C(C)(C)CNC1CCCCC1C(F)(F)F. The molecule has 1 aliphatic carbocycles. The molecule has 0 aromatic heterocycles. The summed E-state index contributed by atoms with van der Waals surface area (Å²) in [5.74, 6) is -1.18. The molecule has 0 radical (unpaired) electrons. The quantitative estimate of drug-likeness (QED) is 0.841. The van der Waals surface area contributed by atoms with Crippen LogP contribution in [0.2, 0.25) is 0 Å². The second kappa shape index (κ2) is 5.78. The van der Waals surface area contributed by atoms with Crippen LogP contribution in [0.25, 0.3) is 0 Å². The van der Waals surface area contributed by atoms with Crippen LogP contribution in [0.15, 0.2) is 0 Å². The summed E-state index contributed by atoms with van der Waals surface area (Å²) in [6.45, 7) is 4.65. The van der Waals surface area contributed by atoms with E-state index in [9.17, 15) is 13.2 Å². The van der Waals surface area contributed by atoms with Crippen molar-refractivity contribution in [3.8, 4) is 0 Å². The first-order valence-corrected chi connectivity index (χ1v) is 6.62. The summed E-state index contributed by atoms with van der Waals surface area (Å²) in [7, 11) is 3.90. The number of halogens is 3. The highest BCUT2D eigenvalue weighted by molar-refractivity contribution is 4.89. The fourth-order valence-electron chi connectivity index (χ4n) is 2.31. The van der Waals surface area contributed by atoms with Crippen LogP contribution in [0, 0.1) is 5.92 Å². The third-order valence-corrected chi connectivity index (χ3v) is 4.19. The minimum Gasteiger partial charge on any atom is -0.312 e. The average molecular weight is 266 g/mol. The molecule has 0 aliphatic heterocycles. The summed E-state index contributed by atoms with van der Waals surface area (Å²) in [6.07, 6.45) is -1.58. The molecular formula is C13H25F3N2. The van der Waals surface area contributed by atoms with E-state index in [0.717, 1.165) is 6.42 Å². The number of rotatable bonds is 4. The zero-order chi connectivity index (χ0) is 14.0. The lowest BCUT2D eigenvalue weighted by Gasteiger charge is -2.38. The van der Waals surface area contributed by atoms with Gasteiger partial charge in [0.2, 0.25) is 0 Å². The van der Waals surface area contributed by atoms with E-state index in [4.69, 9.17) is 0 Å². The molecule has 0 aromatic rings. The molecule has 1 aliphatic rings. The van der Waals surface area contributed by atoms with Crippen molar-refractivity contribution in [2.75, 3.05) is 20.6 Å². The molecule has 18 heavy (non-hydrogen) atoms. The van der Waals surface area contributed by atoms with Crippen LogP contribution in [-0.4, -0.2) is 43.3 Å². The molecule has 2 unspecified atom stereocenters. The topological polar surface area (TPSA) is 15.3 Å². The Balaban J connectivity index is 2.58. The molecule has 0 heterocycles. The van der Waals surface area contributed by atoms with Gasteiger partial charge < -0.3 is 10.2 Å². The van der Waals surface area contributed by atoms with Crippen molar-refractivity contribution >= 4 is 0 Å². The van der Waals surface area contributed by atoms with Crippen molar-refractivity contribution in [1.29, 1.82) is 0 Å². The summed E-state index contributed by atoms with van der Waals surface area (Å²) >= 11 is 0. The van der Waals surface area contributed by atoms with Gasteiger partial charge >= 0.3 is 6.18 Å². The molecule has 2 atom stereocenters. The van der Waals surface area contributed by atoms with Gasteiger partial charge in [-0.2, -0.15) is 13.2 Å². The van der Waals surface area contributed by atoms with Crippen LogP contribution >= 0.6 is 0 Å². The zero-order valence-electron chi connectivity index (χ0n) is 11.8. The fourth-order valence-corrected chi connectivity index (χ4v) is 2.31. The monoisotopic (exact) mass is 266 g/mol. The minimum absolute atomic E-state index is 0.131. The van der Waals surface area contributed by atoms with Crippen LogP contribution < -0.4 is 5.32 Å². The maximum atomic E-state index is 12.9. The third-order valence-electron chi connectivity index (χ3n) is 4.19. The zero-order valence-corrected chi connectivity index (χ0v) is 11.8. The van der Waals surface area contributed by atoms with E-state index in [0.29, 0.717) is 19.4 Å². The van der Waals surface area contributed by atoms with Crippen LogP contribution in [0.3, 0.4) is 0 Å². The van der Waals surface area contributed by atoms with Gasteiger partial charge in [-0.1, -0.05) is 12.8 Å². The van der Waals surface area contributed by atoms with E-state index in [1.165, 1.54) is 0 Å². The fraction of sp³-hybridized carbons (Fsp3) is 1.00. The average Bonchev–Trinajstić information content (AvgIpc) is 2.25. The first-order valence-electron chi connectivity index (χ1n) is 6.62. The largest absolute Gasteiger partial charge is 0.393 e. The van der Waals surface area contributed by atoms with Gasteiger partial charge in [-0.05, 0) is 40.8 Å². The van der Waals surface area contributed by atoms with Gasteiger partial charge in [0.25, 0.3) is 0 Å². The van der Waals surface area contributed by atoms with E-state index in [2.05, 4.69) is 5.32 Å². The first kappa shape index (κ1) is 15.8. The molecule has 1 fully saturated rings. The molecule has 108 valence electrons. The maximum Gasteiger partial charge on any atom is 0.393 e. The Labute approximate surface area is 108 Å². The molecule has 5 heteroatoms. The van der Waals surface area contributed by atoms with Crippen LogP contribution in [-0.2, 0) is 0 Å². The number of nitrogens with zero attached hydrogens (tertiary/aromatic N) is 1. The molecular weight excluding hydrogens is 241 g/mol. The summed E-state index contributed by atoms with van der Waals surface area (Å²) in [4.78, 5) is 2.03. The summed E-state index contributed by atoms with van der Waals surface area (Å²) in [6, 6.07) is -0.419. The van der Waals surface area contributed by atoms with Crippen molar-refractivity contribution in [3.05, 3.63) is 0 Å². The molecule has 2 nitrogen and oxygen atoms in total. The summed E-state index contributed by atoms with van der Waals surface area (Å²) in [5.41, 5.74) is -0.131. The number of alkyl halides is 3. The normalized spacial score (nSPS) is 26.7. The highest BCUT2D eigenvalue weighted by atomic mass is 19.4. The second-order valence-corrected chi connectivity index (χ2v) is 6.13. The second-order valence-electron chi connectivity index (χ2n) is 6.13. The highest BCUT2D eigenvalue weighted by Gasteiger charge is 2.45. The van der Waals surface area contributed by atoms with Crippen molar-refractivity contribution in [3.63, 3.8) is 0 Å². The Morgan fingerprint density at radius 1 is 1.11 bits per heavy atom. The van der Waals surface area contributed by atoms with Crippen LogP contribution in [0.5, 0.6) is 0 Å². The lowest BCUT2D eigenvalue weighted by atomic mass is 9.83. The van der Waals surface area contributed by atoms with Gasteiger partial charge in [-0.3, -0.25) is 0 Å². The van der Waals surface area contributed by atoms with Crippen LogP contribution in [0.1, 0.15) is 39.5 Å². The lowest BCUT2D eigenvalue weighted by molar-refractivity contribution is -0.189. The van der Waals surface area contributed by atoms with Gasteiger partial charge in [0.15, 0.2) is 0 Å². The highest BCUT2D eigenvalue weighted by Crippen LogP contribution is 2.37. The first-order chi connectivity index (χ1) is 8.14. The van der Waals surface area contributed by atoms with Gasteiger partial charge in [-0.25, -0.2) is 0 Å². The van der Waals surface area contributed by atoms with Crippen molar-refractivity contribution in [1.82, 2.24) is 10.2 Å². The van der Waals surface area contributed by atoms with E-state index >= 15 is 0 Å². The van der Waals surface area contributed by atoms with E-state index < -0.39 is 18.1 Å². The van der Waals surface area contributed by atoms with Crippen molar-refractivity contribution in [2.45, 2.75) is 57.3 Å². The standard InChI is InChI=1S/C13H25F3N2/c1-12(2,18(3)4)9-17-11-8-6-5-7-10(11)13(14,15)16/h10-11,17H,5-9H2,1-4H3. The van der Waals surface area contributed by atoms with Gasteiger partial charge in [0.1, 0.15) is 0 Å². The molecule has 0 aromatic carbocycles. The van der Waals surface area contributed by atoms with Gasteiger partial charge in [0, 0.05) is 18.1 Å². The predicted molar refractivity (Wildman–Crippen MR) is 67.6 cm³/mol. The van der Waals surface area contributed by atoms with Gasteiger partial charge in [-0.15, -0.1) is 0 Å². The maximum absolute atomic E-state index is 12.9. The molecule has 1 rings (SSSR count). The van der Waals surface area contributed by atoms with Gasteiger partial charge in [0.05, 0.1) is 5.92 Å². The molecule has 1 N–H and O–H groups in total. The number of likely N-dealkylation sites (N-methyl/N-ethyl adjacent to an activating group) is 1. The van der Waals surface area contributed by atoms with E-state index in [1.54, 1.807) is 0 Å². The smallest absolute Gasteiger partial charge is 0.312 e. The number of nitrogens with one attached hydrogen (secondary N) is 1. The minimum atomic E-state index is -4.07. The Kier molecular flexibility index (Phi) is 5.06. The predicted octanol–water partition coefficient (Wildman–Crippen LogP) is 3.04. The molecule has 1 saturated carbocycles. The lowest BCUT2D eigenvalue weighted by Crippen LogP contribution is -2.53. The van der Waals surface area contributed by atoms with Crippen molar-refractivity contribution < 1.29 is 13.2 Å². The summed E-state index contributed by atoms with van der Waals surface area (Å²) < 4.78 is 38.8. The van der Waals surface area contributed by atoms with E-state index in [-0.39, 0.29) is 12.0 Å². The molecule has 0 saturated heterocycles. The Morgan fingerprint density at radius 3 is 2.17 bits per heavy atom. The van der Waals surface area contributed by atoms with Crippen LogP contribution in [0.4, 0.5) is 13.2 Å². The summed E-state index contributed by atoms with van der Waals surface area (Å²) in [5, 5.41) is 3.14. The Bertz CT molecular complexity index is 261. The Hall–Kier alpha value is -0.290. The number of hydrogen-bond donors (Lipinski definition) is 1. The third kappa shape index (κ3) is 4.12. The molecule has 0 amide bonds. The number of hydrogen-bond acceptors (Lipinski definition) is 2. The van der Waals surface area contributed by atoms with Crippen molar-refractivity contribution in [2.24, 2.45) is 5.92 Å².